The molecule has 0 aliphatic carbocycles. The van der Waals surface area contributed by atoms with Crippen LogP contribution in [0.2, 0.25) is 0 Å². The first-order chi connectivity index (χ1) is 8.83. The minimum absolute atomic E-state index is 0.224. The summed E-state index contributed by atoms with van der Waals surface area (Å²) in [4.78, 5) is 11.9. The number of rotatable bonds is 1. The Morgan fingerprint density at radius 3 is 2.50 bits per heavy atom. The Morgan fingerprint density at radius 1 is 0.944 bits per heavy atom. The van der Waals surface area contributed by atoms with Gasteiger partial charge in [0.05, 0.1) is 5.69 Å². The predicted octanol–water partition coefficient (Wildman–Crippen LogP) is 3.06. The third-order valence-electron chi connectivity index (χ3n) is 2.68. The number of fused-ring (bicyclic) bond motifs is 1. The van der Waals surface area contributed by atoms with E-state index in [2.05, 4.69) is 5.32 Å². The molecule has 3 nitrogen and oxygen atoms in total. The van der Waals surface area contributed by atoms with Gasteiger partial charge < -0.3 is 10.1 Å². The lowest BCUT2D eigenvalue weighted by molar-refractivity contribution is -0.115. The summed E-state index contributed by atoms with van der Waals surface area (Å²) in [6, 6.07) is 17.0. The second kappa shape index (κ2) is 4.37. The molecule has 0 bridgehead atoms. The largest absolute Gasteiger partial charge is 0.449 e. The molecule has 0 saturated carbocycles. The molecule has 2 aromatic carbocycles. The number of benzene rings is 2. The van der Waals surface area contributed by atoms with Crippen LogP contribution in [-0.2, 0) is 4.79 Å². The highest BCUT2D eigenvalue weighted by Crippen LogP contribution is 2.30. The van der Waals surface area contributed by atoms with E-state index in [-0.39, 0.29) is 5.91 Å². The van der Waals surface area contributed by atoms with Gasteiger partial charge in [0, 0.05) is 0 Å². The highest BCUT2D eigenvalue weighted by molar-refractivity contribution is 6.08. The molecule has 1 N–H and O–H groups in total. The molecule has 0 atom stereocenters. The van der Waals surface area contributed by atoms with E-state index in [1.54, 1.807) is 6.08 Å². The van der Waals surface area contributed by atoms with Crippen LogP contribution < -0.4 is 10.1 Å². The fourth-order valence-electron chi connectivity index (χ4n) is 1.80. The molecule has 88 valence electrons. The maximum Gasteiger partial charge on any atom is 0.291 e. The van der Waals surface area contributed by atoms with Gasteiger partial charge in [-0.2, -0.15) is 0 Å². The molecule has 0 spiro atoms. The number of hydrogen-bond donors (Lipinski definition) is 1. The Morgan fingerprint density at radius 2 is 1.67 bits per heavy atom. The molecule has 0 unspecified atom stereocenters. The van der Waals surface area contributed by atoms with Crippen molar-refractivity contribution in [3.8, 4) is 5.75 Å². The molecule has 3 rings (SSSR count). The summed E-state index contributed by atoms with van der Waals surface area (Å²) in [6.07, 6.45) is 1.73. The minimum Gasteiger partial charge on any atom is -0.449 e. The van der Waals surface area contributed by atoms with E-state index in [1.807, 2.05) is 54.6 Å². The van der Waals surface area contributed by atoms with Crippen LogP contribution >= 0.6 is 0 Å². The van der Waals surface area contributed by atoms with Crippen molar-refractivity contribution < 1.29 is 9.53 Å². The monoisotopic (exact) mass is 237 g/mol. The first-order valence-corrected chi connectivity index (χ1v) is 5.68. The van der Waals surface area contributed by atoms with E-state index in [0.29, 0.717) is 17.2 Å². The zero-order valence-corrected chi connectivity index (χ0v) is 9.59. The summed E-state index contributed by atoms with van der Waals surface area (Å²) >= 11 is 0. The third-order valence-corrected chi connectivity index (χ3v) is 2.68. The Hall–Kier alpha value is -2.55. The van der Waals surface area contributed by atoms with Gasteiger partial charge in [0.2, 0.25) is 0 Å². The van der Waals surface area contributed by atoms with Crippen LogP contribution in [0.3, 0.4) is 0 Å². The summed E-state index contributed by atoms with van der Waals surface area (Å²) < 4.78 is 5.60. The van der Waals surface area contributed by atoms with Crippen molar-refractivity contribution in [3.05, 3.63) is 65.9 Å². The van der Waals surface area contributed by atoms with Crippen LogP contribution in [-0.4, -0.2) is 5.91 Å². The van der Waals surface area contributed by atoms with Crippen LogP contribution in [0.1, 0.15) is 5.56 Å². The van der Waals surface area contributed by atoms with E-state index in [9.17, 15) is 4.79 Å². The first-order valence-electron chi connectivity index (χ1n) is 5.68. The Balaban J connectivity index is 1.96. The minimum atomic E-state index is -0.224. The number of amides is 1. The van der Waals surface area contributed by atoms with E-state index < -0.39 is 0 Å². The Kier molecular flexibility index (Phi) is 2.57. The molecule has 2 aromatic rings. The third kappa shape index (κ3) is 1.98. The van der Waals surface area contributed by atoms with Crippen LogP contribution in [0.4, 0.5) is 5.69 Å². The number of para-hydroxylation sites is 2. The molecule has 18 heavy (non-hydrogen) atoms. The number of carbonyl (C=O) groups is 1. The quantitative estimate of drug-likeness (QED) is 0.774. The maximum absolute atomic E-state index is 11.9. The molecule has 0 radical (unpaired) electrons. The van der Waals surface area contributed by atoms with E-state index in [0.717, 1.165) is 5.56 Å². The molecule has 0 saturated heterocycles. The first kappa shape index (κ1) is 10.6. The predicted molar refractivity (Wildman–Crippen MR) is 70.1 cm³/mol. The second-order valence-electron chi connectivity index (χ2n) is 3.97. The lowest BCUT2D eigenvalue weighted by atomic mass is 10.2. The molecule has 1 heterocycles. The second-order valence-corrected chi connectivity index (χ2v) is 3.97. The molecule has 0 aromatic heterocycles. The van der Waals surface area contributed by atoms with Crippen LogP contribution in [0.5, 0.6) is 5.75 Å². The summed E-state index contributed by atoms with van der Waals surface area (Å²) in [6.45, 7) is 0. The molecule has 3 heteroatoms. The molecule has 1 aliphatic rings. The average molecular weight is 237 g/mol. The highest BCUT2D eigenvalue weighted by Gasteiger charge is 2.21. The highest BCUT2D eigenvalue weighted by atomic mass is 16.5. The van der Waals surface area contributed by atoms with Crippen molar-refractivity contribution in [1.29, 1.82) is 0 Å². The number of nitrogens with one attached hydrogen (secondary N) is 1. The molecule has 0 fully saturated rings. The summed E-state index contributed by atoms with van der Waals surface area (Å²) in [5.74, 6) is 0.747. The van der Waals surface area contributed by atoms with Gasteiger partial charge in [-0.25, -0.2) is 0 Å². The van der Waals surface area contributed by atoms with E-state index >= 15 is 0 Å². The van der Waals surface area contributed by atoms with E-state index in [4.69, 9.17) is 4.74 Å². The summed E-state index contributed by atoms with van der Waals surface area (Å²) in [5, 5.41) is 2.80. The Bertz CT molecular complexity index is 617. The molecule has 1 amide bonds. The number of carbonyl (C=O) groups excluding carboxylic acids is 1. The fraction of sp³-hybridized carbons (Fsp3) is 0. The number of hydrogen-bond acceptors (Lipinski definition) is 2. The topological polar surface area (TPSA) is 38.3 Å². The van der Waals surface area contributed by atoms with Gasteiger partial charge >= 0.3 is 0 Å². The van der Waals surface area contributed by atoms with Gasteiger partial charge in [-0.3, -0.25) is 4.79 Å². The van der Waals surface area contributed by atoms with Crippen molar-refractivity contribution in [2.75, 3.05) is 5.32 Å². The van der Waals surface area contributed by atoms with Gasteiger partial charge in [0.1, 0.15) is 0 Å². The van der Waals surface area contributed by atoms with Gasteiger partial charge in [0.15, 0.2) is 11.5 Å². The number of anilines is 1. The Labute approximate surface area is 105 Å². The number of ether oxygens (including phenoxy) is 1. The zero-order chi connectivity index (χ0) is 12.4. The normalized spacial score (nSPS) is 15.8. The lowest BCUT2D eigenvalue weighted by Crippen LogP contribution is -2.23. The smallest absolute Gasteiger partial charge is 0.291 e. The fourth-order valence-corrected chi connectivity index (χ4v) is 1.80. The molecular formula is C15H11NO2. The molecular weight excluding hydrogens is 226 g/mol. The maximum atomic E-state index is 11.9. The van der Waals surface area contributed by atoms with Crippen LogP contribution in [0.25, 0.3) is 6.08 Å². The van der Waals surface area contributed by atoms with Crippen molar-refractivity contribution in [2.45, 2.75) is 0 Å². The van der Waals surface area contributed by atoms with Crippen molar-refractivity contribution >= 4 is 17.7 Å². The SMILES string of the molecule is O=C1Nc2ccccc2OC1=Cc1ccccc1. The van der Waals surface area contributed by atoms with Crippen molar-refractivity contribution in [2.24, 2.45) is 0 Å². The zero-order valence-electron chi connectivity index (χ0n) is 9.59. The van der Waals surface area contributed by atoms with Crippen molar-refractivity contribution in [3.63, 3.8) is 0 Å². The van der Waals surface area contributed by atoms with Gasteiger partial charge in [0.25, 0.3) is 5.91 Å². The van der Waals surface area contributed by atoms with Gasteiger partial charge in [-0.05, 0) is 23.8 Å². The standard InChI is InChI=1S/C15H11NO2/c17-15-14(10-11-6-2-1-3-7-11)18-13-9-5-4-8-12(13)16-15/h1-10H,(H,16,17). The summed E-state index contributed by atoms with van der Waals surface area (Å²) in [7, 11) is 0. The van der Waals surface area contributed by atoms with Gasteiger partial charge in [-0.1, -0.05) is 42.5 Å². The van der Waals surface area contributed by atoms with E-state index in [1.165, 1.54) is 0 Å². The lowest BCUT2D eigenvalue weighted by Gasteiger charge is -2.19. The van der Waals surface area contributed by atoms with Crippen LogP contribution in [0, 0.1) is 0 Å². The van der Waals surface area contributed by atoms with Crippen LogP contribution in [0.15, 0.2) is 60.4 Å². The molecule has 1 aliphatic heterocycles. The summed E-state index contributed by atoms with van der Waals surface area (Å²) in [5.41, 5.74) is 1.63. The average Bonchev–Trinajstić information content (AvgIpc) is 2.41. The van der Waals surface area contributed by atoms with Gasteiger partial charge in [-0.15, -0.1) is 0 Å². The van der Waals surface area contributed by atoms with Crippen molar-refractivity contribution in [1.82, 2.24) is 0 Å².